The summed E-state index contributed by atoms with van der Waals surface area (Å²) in [6, 6.07) is 6.51. The number of anilines is 1. The number of carbonyl (C=O) groups is 2. The van der Waals surface area contributed by atoms with Gasteiger partial charge in [0, 0.05) is 5.69 Å². The second-order valence-electron chi connectivity index (χ2n) is 4.48. The fourth-order valence-corrected chi connectivity index (χ4v) is 1.69. The average molecular weight is 279 g/mol. The molecule has 0 aliphatic rings. The minimum atomic E-state index is -0.528. The number of hydrogen-bond donors (Lipinski definition) is 3. The molecule has 0 saturated carbocycles. The molecule has 110 valence electrons. The van der Waals surface area contributed by atoms with Crippen LogP contribution in [0.25, 0.3) is 0 Å². The Morgan fingerprint density at radius 3 is 2.60 bits per heavy atom. The van der Waals surface area contributed by atoms with E-state index < -0.39 is 6.04 Å². The summed E-state index contributed by atoms with van der Waals surface area (Å²) in [5, 5.41) is 2.75. The maximum Gasteiger partial charge on any atom is 0.293 e. The topological polar surface area (TPSA) is 107 Å². The third kappa shape index (κ3) is 5.81. The number of unbranched alkanes of at least 4 members (excludes halogenated alkanes) is 1. The zero-order valence-electron chi connectivity index (χ0n) is 11.4. The van der Waals surface area contributed by atoms with E-state index in [2.05, 4.69) is 10.1 Å². The summed E-state index contributed by atoms with van der Waals surface area (Å²) >= 11 is 0. The van der Waals surface area contributed by atoms with Crippen molar-refractivity contribution >= 4 is 18.1 Å². The predicted molar refractivity (Wildman–Crippen MR) is 76.8 cm³/mol. The number of nitrogens with one attached hydrogen (secondary N) is 1. The van der Waals surface area contributed by atoms with Gasteiger partial charge in [-0.3, -0.25) is 9.59 Å². The molecule has 0 bridgehead atoms. The van der Waals surface area contributed by atoms with E-state index in [-0.39, 0.29) is 12.5 Å². The molecule has 0 aromatic heterocycles. The van der Waals surface area contributed by atoms with Crippen molar-refractivity contribution in [3.05, 3.63) is 29.8 Å². The van der Waals surface area contributed by atoms with E-state index in [1.165, 1.54) is 0 Å². The van der Waals surface area contributed by atoms with Crippen molar-refractivity contribution in [3.63, 3.8) is 0 Å². The molecule has 0 aliphatic carbocycles. The zero-order chi connectivity index (χ0) is 14.8. The standard InChI is InChI=1S/C14H21N3O3/c15-8-2-1-3-13(16)14(19)17-12-6-4-11(5-7-12)9-20-10-18/h4-7,10,13H,1-3,8-9,15-16H2,(H,17,19)/t13-/m0/s1. The van der Waals surface area contributed by atoms with Crippen LogP contribution in [0.1, 0.15) is 24.8 Å². The summed E-state index contributed by atoms with van der Waals surface area (Å²) in [5.74, 6) is -0.209. The number of amides is 1. The number of rotatable bonds is 9. The van der Waals surface area contributed by atoms with E-state index in [0.717, 1.165) is 18.4 Å². The summed E-state index contributed by atoms with van der Waals surface area (Å²) in [7, 11) is 0. The normalized spacial score (nSPS) is 11.7. The molecule has 1 aromatic rings. The fraction of sp³-hybridized carbons (Fsp3) is 0.429. The van der Waals surface area contributed by atoms with Gasteiger partial charge in [0.1, 0.15) is 6.61 Å². The van der Waals surface area contributed by atoms with Gasteiger partial charge in [0.05, 0.1) is 6.04 Å². The van der Waals surface area contributed by atoms with Crippen LogP contribution in [0.15, 0.2) is 24.3 Å². The van der Waals surface area contributed by atoms with Crippen molar-refractivity contribution in [2.45, 2.75) is 31.9 Å². The van der Waals surface area contributed by atoms with Crippen molar-refractivity contribution in [3.8, 4) is 0 Å². The molecule has 5 N–H and O–H groups in total. The van der Waals surface area contributed by atoms with Gasteiger partial charge in [-0.15, -0.1) is 0 Å². The molecule has 20 heavy (non-hydrogen) atoms. The molecular formula is C14H21N3O3. The highest BCUT2D eigenvalue weighted by atomic mass is 16.5. The first-order valence-corrected chi connectivity index (χ1v) is 6.58. The van der Waals surface area contributed by atoms with Crippen LogP contribution < -0.4 is 16.8 Å². The first-order valence-electron chi connectivity index (χ1n) is 6.58. The van der Waals surface area contributed by atoms with Crippen LogP contribution in [-0.2, 0) is 20.9 Å². The monoisotopic (exact) mass is 279 g/mol. The Morgan fingerprint density at radius 2 is 2.00 bits per heavy atom. The number of benzene rings is 1. The highest BCUT2D eigenvalue weighted by Crippen LogP contribution is 2.11. The molecule has 0 unspecified atom stereocenters. The van der Waals surface area contributed by atoms with Crippen LogP contribution in [0.4, 0.5) is 5.69 Å². The lowest BCUT2D eigenvalue weighted by molar-refractivity contribution is -0.129. The van der Waals surface area contributed by atoms with Gasteiger partial charge in [0.15, 0.2) is 0 Å². The van der Waals surface area contributed by atoms with E-state index in [9.17, 15) is 9.59 Å². The smallest absolute Gasteiger partial charge is 0.293 e. The molecule has 1 atom stereocenters. The van der Waals surface area contributed by atoms with E-state index in [0.29, 0.717) is 25.1 Å². The molecule has 0 saturated heterocycles. The second kappa shape index (κ2) is 9.06. The number of hydrogen-bond acceptors (Lipinski definition) is 5. The lowest BCUT2D eigenvalue weighted by atomic mass is 10.1. The van der Waals surface area contributed by atoms with E-state index >= 15 is 0 Å². The van der Waals surface area contributed by atoms with E-state index in [1.54, 1.807) is 24.3 Å². The van der Waals surface area contributed by atoms with E-state index in [4.69, 9.17) is 11.5 Å². The molecule has 0 fully saturated rings. The summed E-state index contributed by atoms with van der Waals surface area (Å²) in [5.41, 5.74) is 12.7. The van der Waals surface area contributed by atoms with Gasteiger partial charge in [0.2, 0.25) is 5.91 Å². The van der Waals surface area contributed by atoms with Gasteiger partial charge in [-0.05, 0) is 37.1 Å². The largest absolute Gasteiger partial charge is 0.463 e. The lowest BCUT2D eigenvalue weighted by Crippen LogP contribution is -2.35. The van der Waals surface area contributed by atoms with Crippen molar-refractivity contribution in [2.75, 3.05) is 11.9 Å². The Morgan fingerprint density at radius 1 is 1.30 bits per heavy atom. The van der Waals surface area contributed by atoms with Gasteiger partial charge < -0.3 is 21.5 Å². The average Bonchev–Trinajstić information content (AvgIpc) is 2.46. The van der Waals surface area contributed by atoms with Gasteiger partial charge in [-0.1, -0.05) is 18.6 Å². The third-order valence-electron chi connectivity index (χ3n) is 2.85. The summed E-state index contributed by atoms with van der Waals surface area (Å²) in [6.07, 6.45) is 2.33. The first kappa shape index (κ1) is 16.1. The zero-order valence-corrected chi connectivity index (χ0v) is 11.4. The molecule has 1 amide bonds. The predicted octanol–water partition coefficient (Wildman–Crippen LogP) is 0.754. The molecule has 0 heterocycles. The molecule has 0 radical (unpaired) electrons. The van der Waals surface area contributed by atoms with Crippen LogP contribution >= 0.6 is 0 Å². The summed E-state index contributed by atoms with van der Waals surface area (Å²) in [6.45, 7) is 1.23. The van der Waals surface area contributed by atoms with Crippen LogP contribution in [-0.4, -0.2) is 25.0 Å². The Bertz CT molecular complexity index is 420. The number of nitrogens with two attached hydrogens (primary N) is 2. The van der Waals surface area contributed by atoms with Crippen molar-refractivity contribution in [2.24, 2.45) is 11.5 Å². The Hall–Kier alpha value is -1.92. The van der Waals surface area contributed by atoms with E-state index in [1.807, 2.05) is 0 Å². The summed E-state index contributed by atoms with van der Waals surface area (Å²) in [4.78, 5) is 21.9. The Kier molecular flexibility index (Phi) is 7.31. The quantitative estimate of drug-likeness (QED) is 0.457. The minimum absolute atomic E-state index is 0.209. The van der Waals surface area contributed by atoms with Crippen LogP contribution in [0, 0.1) is 0 Å². The molecule has 6 nitrogen and oxygen atoms in total. The molecule has 1 rings (SSSR count). The Labute approximate surface area is 118 Å². The number of carbonyl (C=O) groups excluding carboxylic acids is 2. The van der Waals surface area contributed by atoms with Gasteiger partial charge >= 0.3 is 0 Å². The highest BCUT2D eigenvalue weighted by molar-refractivity contribution is 5.94. The van der Waals surface area contributed by atoms with Crippen LogP contribution in [0.5, 0.6) is 0 Å². The van der Waals surface area contributed by atoms with Crippen molar-refractivity contribution in [1.82, 2.24) is 0 Å². The molecule has 0 aliphatic heterocycles. The number of ether oxygens (including phenoxy) is 1. The summed E-state index contributed by atoms with van der Waals surface area (Å²) < 4.78 is 4.64. The SMILES string of the molecule is NCCCC[C@H](N)C(=O)Nc1ccc(COC=O)cc1. The maximum atomic E-state index is 11.8. The lowest BCUT2D eigenvalue weighted by Gasteiger charge is -2.12. The van der Waals surface area contributed by atoms with Crippen molar-refractivity contribution in [1.29, 1.82) is 0 Å². The van der Waals surface area contributed by atoms with Crippen LogP contribution in [0.3, 0.4) is 0 Å². The molecule has 0 spiro atoms. The Balaban J connectivity index is 2.42. The van der Waals surface area contributed by atoms with Crippen LogP contribution in [0.2, 0.25) is 0 Å². The highest BCUT2D eigenvalue weighted by Gasteiger charge is 2.12. The second-order valence-corrected chi connectivity index (χ2v) is 4.48. The molecular weight excluding hydrogens is 258 g/mol. The van der Waals surface area contributed by atoms with Gasteiger partial charge in [0.25, 0.3) is 6.47 Å². The van der Waals surface area contributed by atoms with Gasteiger partial charge in [-0.25, -0.2) is 0 Å². The third-order valence-corrected chi connectivity index (χ3v) is 2.85. The van der Waals surface area contributed by atoms with Gasteiger partial charge in [-0.2, -0.15) is 0 Å². The molecule has 6 heteroatoms. The minimum Gasteiger partial charge on any atom is -0.463 e. The molecule has 1 aromatic carbocycles. The first-order chi connectivity index (χ1) is 9.67. The fourth-order valence-electron chi connectivity index (χ4n) is 1.69. The van der Waals surface area contributed by atoms with Crippen molar-refractivity contribution < 1.29 is 14.3 Å². The maximum absolute atomic E-state index is 11.8.